The Labute approximate surface area is 156 Å². The zero-order valence-electron chi connectivity index (χ0n) is 14.4. The number of rotatable bonds is 8. The fourth-order valence-electron chi connectivity index (χ4n) is 2.21. The Morgan fingerprint density at radius 1 is 1.12 bits per heavy atom. The predicted octanol–water partition coefficient (Wildman–Crippen LogP) is 4.06. The van der Waals surface area contributed by atoms with Gasteiger partial charge < -0.3 is 16.0 Å². The van der Waals surface area contributed by atoms with E-state index in [0.29, 0.717) is 23.5 Å². The second kappa shape index (κ2) is 9.77. The largest absolute Gasteiger partial charge is 0.376 e. The summed E-state index contributed by atoms with van der Waals surface area (Å²) in [5.74, 6) is -0.988. The van der Waals surface area contributed by atoms with Gasteiger partial charge in [-0.05, 0) is 42.8 Å². The molecule has 0 unspecified atom stereocenters. The zero-order valence-corrected chi connectivity index (χ0v) is 15.2. The van der Waals surface area contributed by atoms with E-state index in [0.717, 1.165) is 12.8 Å². The molecule has 0 aliphatic heterocycles. The molecule has 2 aromatic rings. The maximum atomic E-state index is 13.1. The third-order valence-electron chi connectivity index (χ3n) is 3.60. The Balaban J connectivity index is 1.89. The second-order valence-electron chi connectivity index (χ2n) is 5.72. The van der Waals surface area contributed by atoms with Crippen LogP contribution in [0.2, 0.25) is 5.02 Å². The first kappa shape index (κ1) is 19.7. The molecular weight excluding hydrogens is 357 g/mol. The van der Waals surface area contributed by atoms with Crippen LogP contribution in [0, 0.1) is 5.82 Å². The summed E-state index contributed by atoms with van der Waals surface area (Å²) in [5, 5.41) is 8.39. The van der Waals surface area contributed by atoms with Gasteiger partial charge in [0.1, 0.15) is 5.82 Å². The molecule has 0 aliphatic rings. The van der Waals surface area contributed by atoms with E-state index in [9.17, 15) is 14.0 Å². The molecule has 26 heavy (non-hydrogen) atoms. The lowest BCUT2D eigenvalue weighted by Gasteiger charge is -2.10. The van der Waals surface area contributed by atoms with Crippen molar-refractivity contribution in [2.24, 2.45) is 0 Å². The van der Waals surface area contributed by atoms with Crippen LogP contribution >= 0.6 is 11.6 Å². The summed E-state index contributed by atoms with van der Waals surface area (Å²) in [4.78, 5) is 24.1. The summed E-state index contributed by atoms with van der Waals surface area (Å²) in [7, 11) is 0. The molecule has 2 rings (SSSR count). The highest BCUT2D eigenvalue weighted by atomic mass is 35.5. The summed E-state index contributed by atoms with van der Waals surface area (Å²) in [6, 6.07) is 10.8. The lowest BCUT2D eigenvalue weighted by atomic mass is 10.2. The fourth-order valence-corrected chi connectivity index (χ4v) is 2.39. The van der Waals surface area contributed by atoms with Crippen molar-refractivity contribution >= 4 is 34.8 Å². The number of hydrogen-bond acceptors (Lipinski definition) is 3. The molecule has 0 bridgehead atoms. The number of halogens is 2. The molecule has 0 aliphatic carbocycles. The van der Waals surface area contributed by atoms with Crippen LogP contribution in [0.5, 0.6) is 0 Å². The molecule has 3 N–H and O–H groups in total. The van der Waals surface area contributed by atoms with Crippen molar-refractivity contribution in [3.05, 3.63) is 58.9 Å². The molecular formula is C19H21ClFN3O2. The van der Waals surface area contributed by atoms with Crippen molar-refractivity contribution in [3.8, 4) is 0 Å². The monoisotopic (exact) mass is 377 g/mol. The number of amides is 2. The minimum Gasteiger partial charge on any atom is -0.376 e. The number of anilines is 2. The van der Waals surface area contributed by atoms with Gasteiger partial charge in [0.2, 0.25) is 5.91 Å². The van der Waals surface area contributed by atoms with E-state index < -0.39 is 5.82 Å². The molecule has 0 heterocycles. The number of unbranched alkanes of at least 4 members (excludes halogenated alkanes) is 1. The minimum atomic E-state index is -0.518. The van der Waals surface area contributed by atoms with E-state index in [1.165, 1.54) is 18.2 Å². The number of carbonyl (C=O) groups excluding carboxylic acids is 2. The van der Waals surface area contributed by atoms with Crippen LogP contribution in [-0.2, 0) is 4.79 Å². The molecule has 138 valence electrons. The predicted molar refractivity (Wildman–Crippen MR) is 102 cm³/mol. The normalized spacial score (nSPS) is 10.3. The third-order valence-corrected chi connectivity index (χ3v) is 3.89. The molecule has 0 saturated heterocycles. The SMILES string of the molecule is CCCCNC(=O)c1cccc(NC(=O)CNc2ccc(F)c(Cl)c2)c1. The quantitative estimate of drug-likeness (QED) is 0.607. The van der Waals surface area contributed by atoms with Gasteiger partial charge in [-0.2, -0.15) is 0 Å². The standard InChI is InChI=1S/C19H21ClFN3O2/c1-2-3-9-22-19(26)13-5-4-6-15(10-13)24-18(25)12-23-14-7-8-17(21)16(20)11-14/h4-8,10-11,23H,2-3,9,12H2,1H3,(H,22,26)(H,24,25). The van der Waals surface area contributed by atoms with Crippen LogP contribution in [0.4, 0.5) is 15.8 Å². The van der Waals surface area contributed by atoms with Crippen molar-refractivity contribution in [1.29, 1.82) is 0 Å². The summed E-state index contributed by atoms with van der Waals surface area (Å²) in [5.41, 5.74) is 1.55. The Kier molecular flexibility index (Phi) is 7.41. The number of carbonyl (C=O) groups is 2. The first-order valence-electron chi connectivity index (χ1n) is 8.36. The Morgan fingerprint density at radius 2 is 1.92 bits per heavy atom. The Bertz CT molecular complexity index is 783. The highest BCUT2D eigenvalue weighted by molar-refractivity contribution is 6.31. The fraction of sp³-hybridized carbons (Fsp3) is 0.263. The zero-order chi connectivity index (χ0) is 18.9. The molecule has 0 spiro atoms. The van der Waals surface area contributed by atoms with Crippen molar-refractivity contribution in [1.82, 2.24) is 5.32 Å². The van der Waals surface area contributed by atoms with Gasteiger partial charge in [0.15, 0.2) is 0 Å². The third kappa shape index (κ3) is 6.04. The molecule has 0 fully saturated rings. The van der Waals surface area contributed by atoms with Gasteiger partial charge >= 0.3 is 0 Å². The van der Waals surface area contributed by atoms with E-state index in [4.69, 9.17) is 11.6 Å². The lowest BCUT2D eigenvalue weighted by Crippen LogP contribution is -2.25. The first-order valence-corrected chi connectivity index (χ1v) is 8.74. The van der Waals surface area contributed by atoms with Crippen LogP contribution in [0.15, 0.2) is 42.5 Å². The lowest BCUT2D eigenvalue weighted by molar-refractivity contribution is -0.114. The van der Waals surface area contributed by atoms with Crippen molar-refractivity contribution in [2.45, 2.75) is 19.8 Å². The summed E-state index contributed by atoms with van der Waals surface area (Å²) >= 11 is 5.70. The number of hydrogen-bond donors (Lipinski definition) is 3. The van der Waals surface area contributed by atoms with Crippen LogP contribution in [0.25, 0.3) is 0 Å². The van der Waals surface area contributed by atoms with Crippen molar-refractivity contribution in [3.63, 3.8) is 0 Å². The minimum absolute atomic E-state index is 0.0165. The summed E-state index contributed by atoms with van der Waals surface area (Å²) in [6.07, 6.45) is 1.92. The van der Waals surface area contributed by atoms with E-state index in [2.05, 4.69) is 22.9 Å². The average Bonchev–Trinajstić information content (AvgIpc) is 2.63. The van der Waals surface area contributed by atoms with Gasteiger partial charge in [-0.3, -0.25) is 9.59 Å². The Morgan fingerprint density at radius 3 is 2.65 bits per heavy atom. The summed E-state index contributed by atoms with van der Waals surface area (Å²) < 4.78 is 13.1. The van der Waals surface area contributed by atoms with Crippen LogP contribution in [-0.4, -0.2) is 24.9 Å². The maximum Gasteiger partial charge on any atom is 0.251 e. The van der Waals surface area contributed by atoms with Gasteiger partial charge in [0.25, 0.3) is 5.91 Å². The van der Waals surface area contributed by atoms with E-state index in [1.54, 1.807) is 24.3 Å². The van der Waals surface area contributed by atoms with E-state index >= 15 is 0 Å². The number of benzene rings is 2. The smallest absolute Gasteiger partial charge is 0.251 e. The molecule has 7 heteroatoms. The van der Waals surface area contributed by atoms with Crippen molar-refractivity contribution in [2.75, 3.05) is 23.7 Å². The average molecular weight is 378 g/mol. The van der Waals surface area contributed by atoms with E-state index in [1.807, 2.05) is 0 Å². The molecule has 0 radical (unpaired) electrons. The molecule has 0 saturated carbocycles. The van der Waals surface area contributed by atoms with Gasteiger partial charge in [-0.1, -0.05) is 31.0 Å². The molecule has 0 atom stereocenters. The van der Waals surface area contributed by atoms with Crippen LogP contribution in [0.1, 0.15) is 30.1 Å². The molecule has 2 aromatic carbocycles. The maximum absolute atomic E-state index is 13.1. The highest BCUT2D eigenvalue weighted by Gasteiger charge is 2.08. The second-order valence-corrected chi connectivity index (χ2v) is 6.13. The summed E-state index contributed by atoms with van der Waals surface area (Å²) in [6.45, 7) is 2.65. The van der Waals surface area contributed by atoms with Gasteiger partial charge in [0.05, 0.1) is 11.6 Å². The first-order chi connectivity index (χ1) is 12.5. The van der Waals surface area contributed by atoms with E-state index in [-0.39, 0.29) is 23.4 Å². The van der Waals surface area contributed by atoms with Gasteiger partial charge in [-0.25, -0.2) is 4.39 Å². The molecule has 5 nitrogen and oxygen atoms in total. The topological polar surface area (TPSA) is 70.2 Å². The molecule has 2 amide bonds. The van der Waals surface area contributed by atoms with Crippen LogP contribution < -0.4 is 16.0 Å². The van der Waals surface area contributed by atoms with Crippen molar-refractivity contribution < 1.29 is 14.0 Å². The highest BCUT2D eigenvalue weighted by Crippen LogP contribution is 2.19. The van der Waals surface area contributed by atoms with Crippen LogP contribution in [0.3, 0.4) is 0 Å². The van der Waals surface area contributed by atoms with Gasteiger partial charge in [-0.15, -0.1) is 0 Å². The Hall–Kier alpha value is -2.60. The molecule has 0 aromatic heterocycles. The number of nitrogens with one attached hydrogen (secondary N) is 3. The van der Waals surface area contributed by atoms with Gasteiger partial charge in [0, 0.05) is 23.5 Å².